The number of nitrogens with zero attached hydrogens (tertiary/aromatic N) is 1. The van der Waals surface area contributed by atoms with Crippen LogP contribution in [0.25, 0.3) is 0 Å². The lowest BCUT2D eigenvalue weighted by Gasteiger charge is -2.20. The molecule has 1 aromatic rings. The number of rotatable bonds is 8. The second-order valence-corrected chi connectivity index (χ2v) is 5.06. The topological polar surface area (TPSA) is 64.1 Å². The fourth-order valence-electron chi connectivity index (χ4n) is 1.89. The van der Waals surface area contributed by atoms with Crippen molar-refractivity contribution in [2.24, 2.45) is 4.99 Å². The summed E-state index contributed by atoms with van der Waals surface area (Å²) in [5, 5.41) is 6.48. The van der Waals surface area contributed by atoms with E-state index >= 15 is 0 Å². The standard InChI is InChI=1S/C16H27N3O3/c1-12(11-20-4)19-16(17-3)18-10-13(2)22-15-8-6-14(21-5)7-9-15/h6-9,12-13H,10-11H2,1-5H3,(H2,17,18,19). The van der Waals surface area contributed by atoms with Crippen molar-refractivity contribution in [1.82, 2.24) is 10.6 Å². The molecule has 0 aromatic heterocycles. The Hall–Kier alpha value is -1.95. The number of guanidine groups is 1. The van der Waals surface area contributed by atoms with Crippen LogP contribution in [-0.4, -0.2) is 52.5 Å². The van der Waals surface area contributed by atoms with Crippen LogP contribution in [0.4, 0.5) is 0 Å². The molecule has 124 valence electrons. The maximum absolute atomic E-state index is 5.84. The maximum Gasteiger partial charge on any atom is 0.191 e. The summed E-state index contributed by atoms with van der Waals surface area (Å²) in [5.74, 6) is 2.36. The summed E-state index contributed by atoms with van der Waals surface area (Å²) in [6.45, 7) is 5.31. The van der Waals surface area contributed by atoms with Crippen LogP contribution in [0.1, 0.15) is 13.8 Å². The molecule has 0 aliphatic carbocycles. The van der Waals surface area contributed by atoms with Crippen molar-refractivity contribution in [3.05, 3.63) is 24.3 Å². The number of methoxy groups -OCH3 is 2. The summed E-state index contributed by atoms with van der Waals surface area (Å²) in [6, 6.07) is 7.73. The Labute approximate surface area is 132 Å². The van der Waals surface area contributed by atoms with Crippen LogP contribution in [0.15, 0.2) is 29.3 Å². The van der Waals surface area contributed by atoms with Crippen molar-refractivity contribution in [1.29, 1.82) is 0 Å². The Morgan fingerprint density at radius 1 is 1.14 bits per heavy atom. The van der Waals surface area contributed by atoms with Crippen LogP contribution in [0.2, 0.25) is 0 Å². The molecule has 0 aliphatic heterocycles. The Balaban J connectivity index is 2.38. The van der Waals surface area contributed by atoms with Gasteiger partial charge in [-0.1, -0.05) is 0 Å². The van der Waals surface area contributed by atoms with E-state index in [1.165, 1.54) is 0 Å². The van der Waals surface area contributed by atoms with Gasteiger partial charge in [-0.2, -0.15) is 0 Å². The first-order valence-corrected chi connectivity index (χ1v) is 7.35. The van der Waals surface area contributed by atoms with Gasteiger partial charge in [0.25, 0.3) is 0 Å². The average molecular weight is 309 g/mol. The van der Waals surface area contributed by atoms with Crippen LogP contribution in [0.5, 0.6) is 11.5 Å². The van der Waals surface area contributed by atoms with Crippen molar-refractivity contribution >= 4 is 5.96 Å². The van der Waals surface area contributed by atoms with Gasteiger partial charge in [-0.05, 0) is 38.1 Å². The van der Waals surface area contributed by atoms with Gasteiger partial charge in [0.15, 0.2) is 5.96 Å². The quantitative estimate of drug-likeness (QED) is 0.565. The Kier molecular flexibility index (Phi) is 8.14. The molecule has 6 nitrogen and oxygen atoms in total. The summed E-state index contributed by atoms with van der Waals surface area (Å²) in [5.41, 5.74) is 0. The fourth-order valence-corrected chi connectivity index (χ4v) is 1.89. The van der Waals surface area contributed by atoms with Gasteiger partial charge in [0, 0.05) is 20.2 Å². The number of hydrogen-bond acceptors (Lipinski definition) is 4. The third kappa shape index (κ3) is 6.67. The van der Waals surface area contributed by atoms with Gasteiger partial charge < -0.3 is 24.8 Å². The predicted octanol–water partition coefficient (Wildman–Crippen LogP) is 1.66. The van der Waals surface area contributed by atoms with Gasteiger partial charge in [-0.3, -0.25) is 4.99 Å². The van der Waals surface area contributed by atoms with Crippen LogP contribution in [0.3, 0.4) is 0 Å². The minimum atomic E-state index is 0.00433. The molecule has 0 saturated carbocycles. The van der Waals surface area contributed by atoms with E-state index in [4.69, 9.17) is 14.2 Å². The molecule has 0 spiro atoms. The van der Waals surface area contributed by atoms with Crippen molar-refractivity contribution in [2.75, 3.05) is 34.4 Å². The molecule has 1 aromatic carbocycles. The molecule has 1 rings (SSSR count). The van der Waals surface area contributed by atoms with Crippen molar-refractivity contribution in [3.63, 3.8) is 0 Å². The lowest BCUT2D eigenvalue weighted by molar-refractivity contribution is 0.178. The van der Waals surface area contributed by atoms with E-state index in [2.05, 4.69) is 15.6 Å². The number of ether oxygens (including phenoxy) is 3. The minimum Gasteiger partial charge on any atom is -0.497 e. The summed E-state index contributed by atoms with van der Waals surface area (Å²) >= 11 is 0. The molecule has 6 heteroatoms. The molecule has 0 saturated heterocycles. The lowest BCUT2D eigenvalue weighted by atomic mass is 10.3. The highest BCUT2D eigenvalue weighted by Gasteiger charge is 2.08. The Morgan fingerprint density at radius 3 is 2.32 bits per heavy atom. The van der Waals surface area contributed by atoms with Gasteiger partial charge in [-0.15, -0.1) is 0 Å². The molecule has 2 unspecified atom stereocenters. The van der Waals surface area contributed by atoms with E-state index in [9.17, 15) is 0 Å². The average Bonchev–Trinajstić information content (AvgIpc) is 2.52. The van der Waals surface area contributed by atoms with Crippen LogP contribution in [-0.2, 0) is 4.74 Å². The van der Waals surface area contributed by atoms with Crippen LogP contribution < -0.4 is 20.1 Å². The molecule has 2 atom stereocenters. The van der Waals surface area contributed by atoms with E-state index in [0.717, 1.165) is 17.5 Å². The first-order chi connectivity index (χ1) is 10.6. The van der Waals surface area contributed by atoms with E-state index in [1.807, 2.05) is 38.1 Å². The first-order valence-electron chi connectivity index (χ1n) is 7.35. The maximum atomic E-state index is 5.84. The molecular formula is C16H27N3O3. The molecule has 0 fully saturated rings. The van der Waals surface area contributed by atoms with Crippen LogP contribution in [0, 0.1) is 0 Å². The second kappa shape index (κ2) is 9.89. The number of benzene rings is 1. The SMILES string of the molecule is CN=C(NCC(C)Oc1ccc(OC)cc1)NC(C)COC. The van der Waals surface area contributed by atoms with Gasteiger partial charge in [0.05, 0.1) is 20.3 Å². The van der Waals surface area contributed by atoms with Gasteiger partial charge in [0.2, 0.25) is 0 Å². The summed E-state index contributed by atoms with van der Waals surface area (Å²) < 4.78 is 16.1. The third-order valence-electron chi connectivity index (χ3n) is 2.98. The van der Waals surface area contributed by atoms with E-state index in [0.29, 0.717) is 13.2 Å². The number of hydrogen-bond donors (Lipinski definition) is 2. The minimum absolute atomic E-state index is 0.00433. The summed E-state index contributed by atoms with van der Waals surface area (Å²) in [4.78, 5) is 4.18. The predicted molar refractivity (Wildman–Crippen MR) is 88.9 cm³/mol. The van der Waals surface area contributed by atoms with E-state index in [-0.39, 0.29) is 12.1 Å². The zero-order valence-electron chi connectivity index (χ0n) is 14.1. The highest BCUT2D eigenvalue weighted by Crippen LogP contribution is 2.17. The van der Waals surface area contributed by atoms with Gasteiger partial charge in [-0.25, -0.2) is 0 Å². The van der Waals surface area contributed by atoms with Crippen LogP contribution >= 0.6 is 0 Å². The molecule has 0 amide bonds. The van der Waals surface area contributed by atoms with Gasteiger partial charge in [0.1, 0.15) is 17.6 Å². The van der Waals surface area contributed by atoms with Crippen molar-refractivity contribution < 1.29 is 14.2 Å². The van der Waals surface area contributed by atoms with E-state index in [1.54, 1.807) is 21.3 Å². The number of aliphatic imine (C=N–C) groups is 1. The first kappa shape index (κ1) is 18.1. The largest absolute Gasteiger partial charge is 0.497 e. The summed E-state index contributed by atoms with van der Waals surface area (Å²) in [6.07, 6.45) is 0.00433. The molecular weight excluding hydrogens is 282 g/mol. The molecule has 0 radical (unpaired) electrons. The fraction of sp³-hybridized carbons (Fsp3) is 0.562. The van der Waals surface area contributed by atoms with Gasteiger partial charge >= 0.3 is 0 Å². The zero-order valence-corrected chi connectivity index (χ0v) is 14.1. The lowest BCUT2D eigenvalue weighted by Crippen LogP contribution is -2.46. The molecule has 2 N–H and O–H groups in total. The monoisotopic (exact) mass is 309 g/mol. The molecule has 0 bridgehead atoms. The third-order valence-corrected chi connectivity index (χ3v) is 2.98. The number of nitrogens with one attached hydrogen (secondary N) is 2. The molecule has 0 heterocycles. The highest BCUT2D eigenvalue weighted by atomic mass is 16.5. The van der Waals surface area contributed by atoms with E-state index < -0.39 is 0 Å². The second-order valence-electron chi connectivity index (χ2n) is 5.06. The zero-order chi connectivity index (χ0) is 16.4. The summed E-state index contributed by atoms with van der Waals surface area (Å²) in [7, 11) is 5.06. The highest BCUT2D eigenvalue weighted by molar-refractivity contribution is 5.79. The smallest absolute Gasteiger partial charge is 0.191 e. The van der Waals surface area contributed by atoms with Crippen molar-refractivity contribution in [3.8, 4) is 11.5 Å². The van der Waals surface area contributed by atoms with Crippen molar-refractivity contribution in [2.45, 2.75) is 26.0 Å². The Morgan fingerprint density at radius 2 is 1.77 bits per heavy atom. The Bertz CT molecular complexity index is 448. The normalized spacial score (nSPS) is 14.1. The molecule has 22 heavy (non-hydrogen) atoms. The molecule has 0 aliphatic rings.